The fraction of sp³-hybridized carbons (Fsp3) is 0.600. The summed E-state index contributed by atoms with van der Waals surface area (Å²) in [5.74, 6) is 0.256. The van der Waals surface area contributed by atoms with Crippen LogP contribution in [0.2, 0.25) is 0 Å². The zero-order chi connectivity index (χ0) is 13.3. The molecule has 0 aliphatic carbocycles. The van der Waals surface area contributed by atoms with E-state index in [1.165, 1.54) is 0 Å². The first-order valence-corrected chi connectivity index (χ1v) is 6.61. The molecule has 1 fully saturated rings. The molecule has 0 amide bonds. The maximum absolute atomic E-state index is 13.9. The molecule has 0 radical (unpaired) electrons. The van der Waals surface area contributed by atoms with Crippen molar-refractivity contribution >= 4 is 5.69 Å². The summed E-state index contributed by atoms with van der Waals surface area (Å²) in [4.78, 5) is 2.26. The molecule has 0 saturated carbocycles. The highest BCUT2D eigenvalue weighted by Gasteiger charge is 2.24. The zero-order valence-electron chi connectivity index (χ0n) is 11.8. The first kappa shape index (κ1) is 13.3. The smallest absolute Gasteiger partial charge is 0.126 e. The molecule has 2 nitrogen and oxygen atoms in total. The summed E-state index contributed by atoms with van der Waals surface area (Å²) in [6, 6.07) is 5.38. The van der Waals surface area contributed by atoms with Gasteiger partial charge in [0.2, 0.25) is 0 Å². The molecule has 0 spiro atoms. The molecule has 18 heavy (non-hydrogen) atoms. The number of likely N-dealkylation sites (N-methyl/N-ethyl adjacent to an activating group) is 1. The number of benzene rings is 1. The highest BCUT2D eigenvalue weighted by Crippen LogP contribution is 2.30. The fourth-order valence-electron chi connectivity index (χ4n) is 2.56. The van der Waals surface area contributed by atoms with Crippen LogP contribution in [0.1, 0.15) is 38.7 Å². The van der Waals surface area contributed by atoms with Crippen molar-refractivity contribution < 1.29 is 4.39 Å². The lowest BCUT2D eigenvalue weighted by Gasteiger charge is -2.23. The van der Waals surface area contributed by atoms with Gasteiger partial charge in [0.15, 0.2) is 0 Å². The van der Waals surface area contributed by atoms with Crippen molar-refractivity contribution in [1.29, 1.82) is 0 Å². The van der Waals surface area contributed by atoms with E-state index in [1.54, 1.807) is 6.07 Å². The van der Waals surface area contributed by atoms with E-state index in [9.17, 15) is 4.39 Å². The van der Waals surface area contributed by atoms with Crippen LogP contribution in [0.15, 0.2) is 18.2 Å². The Labute approximate surface area is 109 Å². The highest BCUT2D eigenvalue weighted by atomic mass is 19.1. The lowest BCUT2D eigenvalue weighted by molar-refractivity contribution is 0.410. The minimum Gasteiger partial charge on any atom is -0.380 e. The molecular weight excluding hydrogens is 227 g/mol. The molecule has 1 atom stereocenters. The standard InChI is InChI=1S/C15H23FN2/c1-15(2,3)17-12-5-6-14(16)13(9-12)11-7-8-18(4)10-11/h5-6,9,11,17H,7-8,10H2,1-4H3. The van der Waals surface area contributed by atoms with E-state index in [2.05, 4.69) is 38.0 Å². The van der Waals surface area contributed by atoms with Crippen molar-refractivity contribution in [1.82, 2.24) is 4.90 Å². The third kappa shape index (κ3) is 3.22. The van der Waals surface area contributed by atoms with Crippen LogP contribution >= 0.6 is 0 Å². The fourth-order valence-corrected chi connectivity index (χ4v) is 2.56. The van der Waals surface area contributed by atoms with Crippen LogP contribution in [-0.2, 0) is 0 Å². The number of nitrogens with one attached hydrogen (secondary N) is 1. The number of hydrogen-bond acceptors (Lipinski definition) is 2. The Morgan fingerprint density at radius 3 is 2.61 bits per heavy atom. The second-order valence-electron chi connectivity index (χ2n) is 6.36. The first-order valence-electron chi connectivity index (χ1n) is 6.61. The SMILES string of the molecule is CN1CCC(c2cc(NC(C)(C)C)ccc2F)C1. The Kier molecular flexibility index (Phi) is 3.62. The number of likely N-dealkylation sites (tertiary alicyclic amines) is 1. The quantitative estimate of drug-likeness (QED) is 0.864. The van der Waals surface area contributed by atoms with Crippen LogP contribution in [0.25, 0.3) is 0 Å². The predicted octanol–water partition coefficient (Wildman–Crippen LogP) is 3.46. The van der Waals surface area contributed by atoms with Crippen LogP contribution in [0.4, 0.5) is 10.1 Å². The van der Waals surface area contributed by atoms with E-state index in [0.717, 1.165) is 30.8 Å². The maximum Gasteiger partial charge on any atom is 0.126 e. The van der Waals surface area contributed by atoms with Crippen molar-refractivity contribution in [2.75, 3.05) is 25.5 Å². The van der Waals surface area contributed by atoms with Gasteiger partial charge in [-0.05, 0) is 64.5 Å². The van der Waals surface area contributed by atoms with E-state index in [-0.39, 0.29) is 11.4 Å². The second kappa shape index (κ2) is 4.88. The average Bonchev–Trinajstić information content (AvgIpc) is 2.66. The van der Waals surface area contributed by atoms with Crippen molar-refractivity contribution in [3.8, 4) is 0 Å². The van der Waals surface area contributed by atoms with Gasteiger partial charge in [-0.1, -0.05) is 0 Å². The minimum atomic E-state index is -0.0743. The van der Waals surface area contributed by atoms with Crippen molar-refractivity contribution in [3.63, 3.8) is 0 Å². The predicted molar refractivity (Wildman–Crippen MR) is 74.6 cm³/mol. The normalized spacial score (nSPS) is 21.3. The van der Waals surface area contributed by atoms with Gasteiger partial charge in [-0.2, -0.15) is 0 Å². The number of nitrogens with zero attached hydrogens (tertiary/aromatic N) is 1. The largest absolute Gasteiger partial charge is 0.380 e. The van der Waals surface area contributed by atoms with Gasteiger partial charge in [-0.15, -0.1) is 0 Å². The summed E-state index contributed by atoms with van der Waals surface area (Å²) in [6.07, 6.45) is 1.05. The van der Waals surface area contributed by atoms with E-state index in [1.807, 2.05) is 12.1 Å². The molecule has 1 aromatic carbocycles. The summed E-state index contributed by atoms with van der Waals surface area (Å²) in [5.41, 5.74) is 1.86. The second-order valence-corrected chi connectivity index (χ2v) is 6.36. The van der Waals surface area contributed by atoms with Crippen molar-refractivity contribution in [2.45, 2.75) is 38.6 Å². The van der Waals surface area contributed by atoms with E-state index in [0.29, 0.717) is 5.92 Å². The summed E-state index contributed by atoms with van der Waals surface area (Å²) < 4.78 is 13.9. The number of rotatable bonds is 2. The Hall–Kier alpha value is -1.09. The molecule has 2 rings (SSSR count). The first-order chi connectivity index (χ1) is 8.35. The van der Waals surface area contributed by atoms with Crippen LogP contribution in [0.5, 0.6) is 0 Å². The third-order valence-corrected chi connectivity index (χ3v) is 3.35. The number of anilines is 1. The molecule has 1 aliphatic rings. The molecule has 1 heterocycles. The Bertz CT molecular complexity index is 423. The third-order valence-electron chi connectivity index (χ3n) is 3.35. The van der Waals surface area contributed by atoms with Gasteiger partial charge in [0.05, 0.1) is 0 Å². The van der Waals surface area contributed by atoms with Gasteiger partial charge < -0.3 is 10.2 Å². The molecule has 1 unspecified atom stereocenters. The van der Waals surface area contributed by atoms with Gasteiger partial charge >= 0.3 is 0 Å². The van der Waals surface area contributed by atoms with Crippen molar-refractivity contribution in [3.05, 3.63) is 29.6 Å². The van der Waals surface area contributed by atoms with E-state index >= 15 is 0 Å². The van der Waals surface area contributed by atoms with Gasteiger partial charge in [0, 0.05) is 23.7 Å². The molecule has 1 aliphatic heterocycles. The summed E-state index contributed by atoms with van der Waals surface area (Å²) in [7, 11) is 2.09. The highest BCUT2D eigenvalue weighted by molar-refractivity contribution is 5.49. The lowest BCUT2D eigenvalue weighted by atomic mass is 9.96. The molecule has 1 N–H and O–H groups in total. The monoisotopic (exact) mass is 250 g/mol. The summed E-state index contributed by atoms with van der Waals surface area (Å²) in [5, 5.41) is 3.40. The van der Waals surface area contributed by atoms with Crippen molar-refractivity contribution in [2.24, 2.45) is 0 Å². The topological polar surface area (TPSA) is 15.3 Å². The van der Waals surface area contributed by atoms with E-state index < -0.39 is 0 Å². The van der Waals surface area contributed by atoms with Gasteiger partial charge in [-0.25, -0.2) is 4.39 Å². The van der Waals surface area contributed by atoms with Gasteiger partial charge in [-0.3, -0.25) is 0 Å². The van der Waals surface area contributed by atoms with Crippen LogP contribution in [-0.4, -0.2) is 30.6 Å². The summed E-state index contributed by atoms with van der Waals surface area (Å²) in [6.45, 7) is 8.34. The maximum atomic E-state index is 13.9. The Morgan fingerprint density at radius 1 is 1.33 bits per heavy atom. The average molecular weight is 250 g/mol. The van der Waals surface area contributed by atoms with Crippen LogP contribution in [0, 0.1) is 5.82 Å². The molecule has 1 saturated heterocycles. The molecule has 0 bridgehead atoms. The van der Waals surface area contributed by atoms with Gasteiger partial charge in [0.1, 0.15) is 5.82 Å². The lowest BCUT2D eigenvalue weighted by Crippen LogP contribution is -2.26. The summed E-state index contributed by atoms with van der Waals surface area (Å²) >= 11 is 0. The minimum absolute atomic E-state index is 0.00155. The Morgan fingerprint density at radius 2 is 2.06 bits per heavy atom. The molecular formula is C15H23FN2. The number of halogens is 1. The molecule has 0 aromatic heterocycles. The van der Waals surface area contributed by atoms with Crippen LogP contribution < -0.4 is 5.32 Å². The molecule has 1 aromatic rings. The number of hydrogen-bond donors (Lipinski definition) is 1. The zero-order valence-corrected chi connectivity index (χ0v) is 11.8. The molecule has 3 heteroatoms. The van der Waals surface area contributed by atoms with E-state index in [4.69, 9.17) is 0 Å². The Balaban J connectivity index is 2.22. The van der Waals surface area contributed by atoms with Gasteiger partial charge in [0.25, 0.3) is 0 Å². The van der Waals surface area contributed by atoms with Crippen LogP contribution in [0.3, 0.4) is 0 Å². The molecule has 100 valence electrons.